The van der Waals surface area contributed by atoms with Gasteiger partial charge in [-0.1, -0.05) is 28.1 Å². The monoisotopic (exact) mass is 426 g/mol. The maximum Gasteiger partial charge on any atom is 0.266 e. The molecule has 2 aromatic carbocycles. The van der Waals surface area contributed by atoms with Crippen molar-refractivity contribution in [2.45, 2.75) is 6.42 Å². The molecule has 0 saturated heterocycles. The van der Waals surface area contributed by atoms with Gasteiger partial charge in [-0.2, -0.15) is 0 Å². The highest BCUT2D eigenvalue weighted by atomic mass is 79.9. The Hall–Kier alpha value is -2.67. The molecule has 0 saturated carbocycles. The molecule has 6 nitrogen and oxygen atoms in total. The Morgan fingerprint density at radius 3 is 2.41 bits per heavy atom. The van der Waals surface area contributed by atoms with E-state index in [1.54, 1.807) is 4.90 Å². The third-order valence-corrected chi connectivity index (χ3v) is 5.03. The summed E-state index contributed by atoms with van der Waals surface area (Å²) in [5.41, 5.74) is 1.60. The van der Waals surface area contributed by atoms with Crippen LogP contribution < -0.4 is 14.5 Å². The molecule has 0 radical (unpaired) electrons. The van der Waals surface area contributed by atoms with E-state index in [0.29, 0.717) is 18.1 Å². The molecule has 3 aromatic rings. The third kappa shape index (κ3) is 3.73. The van der Waals surface area contributed by atoms with Crippen LogP contribution in [0, 0.1) is 0 Å². The van der Waals surface area contributed by atoms with Crippen molar-refractivity contribution in [1.29, 1.82) is 0 Å². The summed E-state index contributed by atoms with van der Waals surface area (Å²) in [5.74, 6) is 1.85. The summed E-state index contributed by atoms with van der Waals surface area (Å²) < 4.78 is 6.64. The van der Waals surface area contributed by atoms with Crippen molar-refractivity contribution in [2.75, 3.05) is 36.5 Å². The standard InChI is InChI=1S/C20H19BrN4O2/c1-24-11-4-12-25(18(26)13-27-15-9-7-14(21)8-10-15)20-19(24)22-16-5-2-3-6-17(16)23-20/h2-3,5-10H,4,11-13H2,1H3. The Labute approximate surface area is 165 Å². The summed E-state index contributed by atoms with van der Waals surface area (Å²) in [4.78, 5) is 26.1. The number of aromatic nitrogens is 2. The fourth-order valence-corrected chi connectivity index (χ4v) is 3.36. The molecule has 0 aliphatic carbocycles. The predicted molar refractivity (Wildman–Crippen MR) is 109 cm³/mol. The molecular weight excluding hydrogens is 408 g/mol. The number of carbonyl (C=O) groups is 1. The van der Waals surface area contributed by atoms with Gasteiger partial charge in [0.25, 0.3) is 5.91 Å². The van der Waals surface area contributed by atoms with E-state index < -0.39 is 0 Å². The van der Waals surface area contributed by atoms with Crippen LogP contribution >= 0.6 is 15.9 Å². The van der Waals surface area contributed by atoms with Gasteiger partial charge in [-0.25, -0.2) is 9.97 Å². The second-order valence-corrected chi connectivity index (χ2v) is 7.34. The molecule has 1 aromatic heterocycles. The topological polar surface area (TPSA) is 58.6 Å². The van der Waals surface area contributed by atoms with Crippen LogP contribution in [0.25, 0.3) is 11.0 Å². The van der Waals surface area contributed by atoms with Crippen molar-refractivity contribution in [2.24, 2.45) is 0 Å². The molecule has 7 heteroatoms. The van der Waals surface area contributed by atoms with Crippen molar-refractivity contribution in [3.63, 3.8) is 0 Å². The highest BCUT2D eigenvalue weighted by Crippen LogP contribution is 2.30. The number of para-hydroxylation sites is 2. The molecule has 0 N–H and O–H groups in total. The van der Waals surface area contributed by atoms with Crippen LogP contribution in [0.4, 0.5) is 11.6 Å². The molecule has 1 amide bonds. The summed E-state index contributed by atoms with van der Waals surface area (Å²) in [6.45, 7) is 1.36. The molecule has 0 spiro atoms. The largest absolute Gasteiger partial charge is 0.484 e. The van der Waals surface area contributed by atoms with Gasteiger partial charge in [0.1, 0.15) is 5.75 Å². The van der Waals surface area contributed by atoms with Gasteiger partial charge >= 0.3 is 0 Å². The molecule has 0 unspecified atom stereocenters. The number of hydrogen-bond donors (Lipinski definition) is 0. The van der Waals surface area contributed by atoms with Crippen molar-refractivity contribution in [3.8, 4) is 5.75 Å². The van der Waals surface area contributed by atoms with Gasteiger partial charge in [-0.05, 0) is 42.8 Å². The summed E-state index contributed by atoms with van der Waals surface area (Å²) in [6, 6.07) is 15.1. The van der Waals surface area contributed by atoms with Crippen LogP contribution in [0.5, 0.6) is 5.75 Å². The van der Waals surface area contributed by atoms with Crippen molar-refractivity contribution in [3.05, 3.63) is 53.0 Å². The number of benzene rings is 2. The number of amides is 1. The molecule has 1 aliphatic heterocycles. The first-order valence-electron chi connectivity index (χ1n) is 8.78. The number of fused-ring (bicyclic) bond motifs is 2. The van der Waals surface area contributed by atoms with Crippen LogP contribution in [-0.4, -0.2) is 42.6 Å². The molecule has 0 atom stereocenters. The molecule has 4 rings (SSSR count). The zero-order chi connectivity index (χ0) is 18.8. The second-order valence-electron chi connectivity index (χ2n) is 6.42. The number of nitrogens with zero attached hydrogens (tertiary/aromatic N) is 4. The number of rotatable bonds is 3. The fourth-order valence-electron chi connectivity index (χ4n) is 3.09. The van der Waals surface area contributed by atoms with Crippen molar-refractivity contribution >= 4 is 44.5 Å². The zero-order valence-electron chi connectivity index (χ0n) is 14.9. The minimum absolute atomic E-state index is 0.0424. The Morgan fingerprint density at radius 1 is 1.04 bits per heavy atom. The number of ether oxygens (including phenoxy) is 1. The molecular formula is C20H19BrN4O2. The van der Waals surface area contributed by atoms with Crippen molar-refractivity contribution < 1.29 is 9.53 Å². The summed E-state index contributed by atoms with van der Waals surface area (Å²) in [7, 11) is 1.98. The second kappa shape index (κ2) is 7.52. The molecule has 1 aliphatic rings. The molecule has 138 valence electrons. The van der Waals surface area contributed by atoms with Gasteiger partial charge in [0.05, 0.1) is 11.0 Å². The average molecular weight is 427 g/mol. The van der Waals surface area contributed by atoms with Crippen LogP contribution in [0.3, 0.4) is 0 Å². The Morgan fingerprint density at radius 2 is 1.70 bits per heavy atom. The van der Waals surface area contributed by atoms with Crippen molar-refractivity contribution in [1.82, 2.24) is 9.97 Å². The van der Waals surface area contributed by atoms with Crippen LogP contribution in [-0.2, 0) is 4.79 Å². The molecule has 0 fully saturated rings. The maximum absolute atomic E-state index is 12.9. The minimum atomic E-state index is -0.126. The summed E-state index contributed by atoms with van der Waals surface area (Å²) in [6.07, 6.45) is 0.842. The SMILES string of the molecule is CN1CCCN(C(=O)COc2ccc(Br)cc2)c2nc3ccccc3nc21. The van der Waals surface area contributed by atoms with Gasteiger partial charge in [0, 0.05) is 24.6 Å². The highest BCUT2D eigenvalue weighted by Gasteiger charge is 2.27. The van der Waals surface area contributed by atoms with E-state index in [4.69, 9.17) is 14.7 Å². The average Bonchev–Trinajstić information content (AvgIpc) is 2.84. The normalized spacial score (nSPS) is 14.0. The lowest BCUT2D eigenvalue weighted by molar-refractivity contribution is -0.120. The Balaban J connectivity index is 1.62. The van der Waals surface area contributed by atoms with Crippen LogP contribution in [0.15, 0.2) is 53.0 Å². The quantitative estimate of drug-likeness (QED) is 0.639. The maximum atomic E-state index is 12.9. The fraction of sp³-hybridized carbons (Fsp3) is 0.250. The van der Waals surface area contributed by atoms with Crippen LogP contribution in [0.1, 0.15) is 6.42 Å². The molecule has 2 heterocycles. The lowest BCUT2D eigenvalue weighted by Gasteiger charge is -2.22. The number of anilines is 2. The third-order valence-electron chi connectivity index (χ3n) is 4.50. The number of hydrogen-bond acceptors (Lipinski definition) is 5. The predicted octanol–water partition coefficient (Wildman–Crippen LogP) is 3.64. The van der Waals surface area contributed by atoms with E-state index in [0.717, 1.165) is 34.3 Å². The van der Waals surface area contributed by atoms with Gasteiger partial charge in [0.15, 0.2) is 18.2 Å². The summed E-state index contributed by atoms with van der Waals surface area (Å²) >= 11 is 3.39. The molecule has 27 heavy (non-hydrogen) atoms. The Kier molecular flexibility index (Phi) is 4.94. The van der Waals surface area contributed by atoms with E-state index in [2.05, 4.69) is 20.8 Å². The zero-order valence-corrected chi connectivity index (χ0v) is 16.5. The van der Waals surface area contributed by atoms with E-state index in [-0.39, 0.29) is 12.5 Å². The molecule has 0 bridgehead atoms. The Bertz CT molecular complexity index is 977. The number of carbonyl (C=O) groups excluding carboxylic acids is 1. The number of halogens is 1. The first kappa shape index (κ1) is 17.7. The lowest BCUT2D eigenvalue weighted by atomic mass is 10.3. The minimum Gasteiger partial charge on any atom is -0.484 e. The van der Waals surface area contributed by atoms with E-state index in [9.17, 15) is 4.79 Å². The van der Waals surface area contributed by atoms with Gasteiger partial charge in [-0.15, -0.1) is 0 Å². The van der Waals surface area contributed by atoms with E-state index in [1.165, 1.54) is 0 Å². The van der Waals surface area contributed by atoms with Gasteiger partial charge in [0.2, 0.25) is 0 Å². The smallest absolute Gasteiger partial charge is 0.266 e. The first-order valence-corrected chi connectivity index (χ1v) is 9.58. The van der Waals surface area contributed by atoms with E-state index in [1.807, 2.05) is 55.6 Å². The lowest BCUT2D eigenvalue weighted by Crippen LogP contribution is -2.36. The van der Waals surface area contributed by atoms with Gasteiger partial charge < -0.3 is 9.64 Å². The summed E-state index contributed by atoms with van der Waals surface area (Å²) in [5, 5.41) is 0. The van der Waals surface area contributed by atoms with Gasteiger partial charge in [-0.3, -0.25) is 9.69 Å². The first-order chi connectivity index (χ1) is 13.1. The van der Waals surface area contributed by atoms with E-state index >= 15 is 0 Å². The highest BCUT2D eigenvalue weighted by molar-refractivity contribution is 9.10. The van der Waals surface area contributed by atoms with Crippen LogP contribution in [0.2, 0.25) is 0 Å².